The molecule has 0 atom stereocenters. The summed E-state index contributed by atoms with van der Waals surface area (Å²) in [5.41, 5.74) is 0.633. The predicted octanol–water partition coefficient (Wildman–Crippen LogP) is 0.156. The largest absolute Gasteiger partial charge is 0.359 e. The Kier molecular flexibility index (Phi) is 3.60. The topological polar surface area (TPSA) is 71.1 Å². The number of hydrogen-bond acceptors (Lipinski definition) is 3. The first-order valence-corrected chi connectivity index (χ1v) is 4.13. The smallest absolute Gasteiger partial charge is 0.233 e. The first-order chi connectivity index (χ1) is 6.72. The zero-order valence-electron chi connectivity index (χ0n) is 7.78. The zero-order valence-corrected chi connectivity index (χ0v) is 7.78. The molecule has 2 N–H and O–H groups in total. The van der Waals surface area contributed by atoms with Crippen molar-refractivity contribution in [3.63, 3.8) is 0 Å². The van der Waals surface area contributed by atoms with Crippen molar-refractivity contribution in [1.29, 1.82) is 0 Å². The van der Waals surface area contributed by atoms with Gasteiger partial charge in [0.05, 0.1) is 0 Å². The molecule has 1 aromatic heterocycles. The van der Waals surface area contributed by atoms with E-state index >= 15 is 0 Å². The molecule has 0 radical (unpaired) electrons. The SMILES string of the molecule is CNC(=O)CC(=O)Nc1ccncc1. The summed E-state index contributed by atoms with van der Waals surface area (Å²) < 4.78 is 0. The molecule has 0 aliphatic rings. The summed E-state index contributed by atoms with van der Waals surface area (Å²) in [6.45, 7) is 0. The molecule has 5 nitrogen and oxygen atoms in total. The number of carbonyl (C=O) groups excluding carboxylic acids is 2. The molecule has 0 spiro atoms. The molecular formula is C9H11N3O2. The van der Waals surface area contributed by atoms with Gasteiger partial charge in [0, 0.05) is 25.1 Å². The van der Waals surface area contributed by atoms with Crippen LogP contribution in [0, 0.1) is 0 Å². The lowest BCUT2D eigenvalue weighted by Crippen LogP contribution is -2.24. The molecule has 1 rings (SSSR count). The molecule has 1 heterocycles. The maximum Gasteiger partial charge on any atom is 0.233 e. The summed E-state index contributed by atoms with van der Waals surface area (Å²) in [5.74, 6) is -0.646. The Hall–Kier alpha value is -1.91. The molecular weight excluding hydrogens is 182 g/mol. The minimum absolute atomic E-state index is 0.168. The highest BCUT2D eigenvalue weighted by molar-refractivity contribution is 6.03. The van der Waals surface area contributed by atoms with Crippen molar-refractivity contribution in [1.82, 2.24) is 10.3 Å². The van der Waals surface area contributed by atoms with Crippen molar-refractivity contribution < 1.29 is 9.59 Å². The van der Waals surface area contributed by atoms with Gasteiger partial charge in [0.15, 0.2) is 0 Å². The molecule has 0 saturated heterocycles. The minimum Gasteiger partial charge on any atom is -0.359 e. The predicted molar refractivity (Wildman–Crippen MR) is 51.6 cm³/mol. The van der Waals surface area contributed by atoms with Crippen molar-refractivity contribution in [2.24, 2.45) is 0 Å². The van der Waals surface area contributed by atoms with Gasteiger partial charge in [-0.25, -0.2) is 0 Å². The zero-order chi connectivity index (χ0) is 10.4. The molecule has 14 heavy (non-hydrogen) atoms. The standard InChI is InChI=1S/C9H11N3O2/c1-10-8(13)6-9(14)12-7-2-4-11-5-3-7/h2-5H,6H2,1H3,(H,10,13)(H,11,12,14). The van der Waals surface area contributed by atoms with Crippen molar-refractivity contribution in [3.8, 4) is 0 Å². The van der Waals surface area contributed by atoms with Gasteiger partial charge >= 0.3 is 0 Å². The monoisotopic (exact) mass is 193 g/mol. The Morgan fingerprint density at radius 2 is 1.93 bits per heavy atom. The van der Waals surface area contributed by atoms with Crippen LogP contribution in [0.3, 0.4) is 0 Å². The molecule has 0 aliphatic carbocycles. The van der Waals surface area contributed by atoms with Crippen LogP contribution >= 0.6 is 0 Å². The van der Waals surface area contributed by atoms with Gasteiger partial charge in [-0.05, 0) is 12.1 Å². The Labute approximate surface area is 81.5 Å². The van der Waals surface area contributed by atoms with Gasteiger partial charge < -0.3 is 10.6 Å². The number of nitrogens with one attached hydrogen (secondary N) is 2. The number of anilines is 1. The van der Waals surface area contributed by atoms with E-state index in [1.807, 2.05) is 0 Å². The third-order valence-corrected chi connectivity index (χ3v) is 1.56. The van der Waals surface area contributed by atoms with Crippen LogP contribution in [0.4, 0.5) is 5.69 Å². The quantitative estimate of drug-likeness (QED) is 0.671. The normalized spacial score (nSPS) is 9.21. The number of carbonyl (C=O) groups is 2. The van der Waals surface area contributed by atoms with Gasteiger partial charge in [0.1, 0.15) is 6.42 Å². The third kappa shape index (κ3) is 3.22. The summed E-state index contributed by atoms with van der Waals surface area (Å²) in [6, 6.07) is 3.31. The molecule has 0 aromatic carbocycles. The van der Waals surface area contributed by atoms with E-state index in [2.05, 4.69) is 15.6 Å². The van der Waals surface area contributed by atoms with E-state index < -0.39 is 0 Å². The fourth-order valence-corrected chi connectivity index (χ4v) is 0.875. The molecule has 0 unspecified atom stereocenters. The highest BCUT2D eigenvalue weighted by atomic mass is 16.2. The minimum atomic E-state index is -0.337. The van der Waals surface area contributed by atoms with Crippen LogP contribution < -0.4 is 10.6 Å². The second kappa shape index (κ2) is 4.96. The van der Waals surface area contributed by atoms with Gasteiger partial charge in [-0.2, -0.15) is 0 Å². The van der Waals surface area contributed by atoms with E-state index in [0.29, 0.717) is 5.69 Å². The fourth-order valence-electron chi connectivity index (χ4n) is 0.875. The van der Waals surface area contributed by atoms with Crippen molar-refractivity contribution in [3.05, 3.63) is 24.5 Å². The molecule has 1 aromatic rings. The number of hydrogen-bond donors (Lipinski definition) is 2. The number of amides is 2. The Balaban J connectivity index is 2.46. The Morgan fingerprint density at radius 1 is 1.29 bits per heavy atom. The van der Waals surface area contributed by atoms with E-state index in [1.165, 1.54) is 7.05 Å². The molecule has 74 valence electrons. The van der Waals surface area contributed by atoms with Crippen LogP contribution in [-0.4, -0.2) is 23.8 Å². The number of nitrogens with zero attached hydrogens (tertiary/aromatic N) is 1. The average molecular weight is 193 g/mol. The molecule has 0 fully saturated rings. The van der Waals surface area contributed by atoms with Crippen molar-refractivity contribution in [2.45, 2.75) is 6.42 Å². The van der Waals surface area contributed by atoms with E-state index in [-0.39, 0.29) is 18.2 Å². The van der Waals surface area contributed by atoms with Crippen molar-refractivity contribution in [2.75, 3.05) is 12.4 Å². The molecule has 0 aliphatic heterocycles. The van der Waals surface area contributed by atoms with E-state index in [9.17, 15) is 9.59 Å². The Morgan fingerprint density at radius 3 is 2.50 bits per heavy atom. The number of pyridine rings is 1. The summed E-state index contributed by atoms with van der Waals surface area (Å²) in [7, 11) is 1.49. The maximum atomic E-state index is 11.2. The second-order valence-electron chi connectivity index (χ2n) is 2.63. The average Bonchev–Trinajstić information content (AvgIpc) is 2.19. The first kappa shape index (κ1) is 10.2. The van der Waals surface area contributed by atoms with Gasteiger partial charge in [0.25, 0.3) is 0 Å². The van der Waals surface area contributed by atoms with E-state index in [1.54, 1.807) is 24.5 Å². The van der Waals surface area contributed by atoms with Gasteiger partial charge in [-0.1, -0.05) is 0 Å². The molecule has 0 bridgehead atoms. The lowest BCUT2D eigenvalue weighted by Gasteiger charge is -2.03. The van der Waals surface area contributed by atoms with Crippen molar-refractivity contribution >= 4 is 17.5 Å². The molecule has 5 heteroatoms. The van der Waals surface area contributed by atoms with Crippen LogP contribution in [0.5, 0.6) is 0 Å². The fraction of sp³-hybridized carbons (Fsp3) is 0.222. The highest BCUT2D eigenvalue weighted by Gasteiger charge is 2.06. The van der Waals surface area contributed by atoms with E-state index in [4.69, 9.17) is 0 Å². The van der Waals surface area contributed by atoms with Crippen LogP contribution in [-0.2, 0) is 9.59 Å². The summed E-state index contributed by atoms with van der Waals surface area (Å²) in [4.78, 5) is 25.8. The van der Waals surface area contributed by atoms with Crippen LogP contribution in [0.15, 0.2) is 24.5 Å². The van der Waals surface area contributed by atoms with Gasteiger partial charge in [0.2, 0.25) is 11.8 Å². The number of aromatic nitrogens is 1. The molecule has 0 saturated carbocycles. The van der Waals surface area contributed by atoms with Crippen LogP contribution in [0.2, 0.25) is 0 Å². The maximum absolute atomic E-state index is 11.2. The highest BCUT2D eigenvalue weighted by Crippen LogP contribution is 2.03. The van der Waals surface area contributed by atoms with Crippen LogP contribution in [0.1, 0.15) is 6.42 Å². The third-order valence-electron chi connectivity index (χ3n) is 1.56. The van der Waals surface area contributed by atoms with Gasteiger partial charge in [-0.15, -0.1) is 0 Å². The lowest BCUT2D eigenvalue weighted by molar-refractivity contribution is -0.126. The summed E-state index contributed by atoms with van der Waals surface area (Å²) in [6.07, 6.45) is 2.96. The summed E-state index contributed by atoms with van der Waals surface area (Å²) >= 11 is 0. The van der Waals surface area contributed by atoms with E-state index in [0.717, 1.165) is 0 Å². The van der Waals surface area contributed by atoms with Gasteiger partial charge in [-0.3, -0.25) is 14.6 Å². The lowest BCUT2D eigenvalue weighted by atomic mass is 10.3. The number of rotatable bonds is 3. The molecule has 2 amide bonds. The van der Waals surface area contributed by atoms with Crippen LogP contribution in [0.25, 0.3) is 0 Å². The first-order valence-electron chi connectivity index (χ1n) is 4.13. The summed E-state index contributed by atoms with van der Waals surface area (Å²) in [5, 5.41) is 4.94. The Bertz CT molecular complexity index is 324. The second-order valence-corrected chi connectivity index (χ2v) is 2.63.